The second-order valence-electron chi connectivity index (χ2n) is 6.63. The zero-order valence-corrected chi connectivity index (χ0v) is 11.9. The Kier molecular flexibility index (Phi) is 5.97. The minimum absolute atomic E-state index is 0.402. The van der Waals surface area contributed by atoms with Gasteiger partial charge in [0, 0.05) is 6.54 Å². The monoisotopic (exact) mass is 253 g/mol. The third-order valence-electron chi connectivity index (χ3n) is 4.90. The van der Waals surface area contributed by atoms with Crippen molar-refractivity contribution in [2.24, 2.45) is 5.92 Å². The standard InChI is InChI=1S/C16H31NO/c18-16(11-7-3-4-8-12-16)14-17-13-15-9-5-1-2-6-10-15/h15,17-18H,1-14H2. The van der Waals surface area contributed by atoms with Crippen LogP contribution in [0, 0.1) is 5.92 Å². The van der Waals surface area contributed by atoms with Crippen molar-refractivity contribution in [2.75, 3.05) is 13.1 Å². The van der Waals surface area contributed by atoms with Crippen LogP contribution < -0.4 is 5.32 Å². The van der Waals surface area contributed by atoms with Crippen LogP contribution in [0.2, 0.25) is 0 Å². The maximum atomic E-state index is 10.6. The molecule has 2 N–H and O–H groups in total. The van der Waals surface area contributed by atoms with Crippen molar-refractivity contribution in [3.63, 3.8) is 0 Å². The summed E-state index contributed by atoms with van der Waals surface area (Å²) in [5.41, 5.74) is -0.402. The van der Waals surface area contributed by atoms with Crippen LogP contribution in [0.15, 0.2) is 0 Å². The van der Waals surface area contributed by atoms with Gasteiger partial charge in [-0.15, -0.1) is 0 Å². The Hall–Kier alpha value is -0.0800. The van der Waals surface area contributed by atoms with Gasteiger partial charge in [0.05, 0.1) is 5.60 Å². The van der Waals surface area contributed by atoms with Crippen molar-refractivity contribution in [1.82, 2.24) is 5.32 Å². The molecule has 2 rings (SSSR count). The summed E-state index contributed by atoms with van der Waals surface area (Å²) < 4.78 is 0. The second kappa shape index (κ2) is 7.49. The van der Waals surface area contributed by atoms with E-state index >= 15 is 0 Å². The molecule has 0 unspecified atom stereocenters. The minimum atomic E-state index is -0.402. The molecule has 0 aromatic rings. The van der Waals surface area contributed by atoms with Gasteiger partial charge in [0.1, 0.15) is 0 Å². The average Bonchev–Trinajstić information content (AvgIpc) is 2.72. The van der Waals surface area contributed by atoms with Crippen LogP contribution >= 0.6 is 0 Å². The smallest absolute Gasteiger partial charge is 0.0771 e. The van der Waals surface area contributed by atoms with E-state index in [1.165, 1.54) is 64.2 Å². The predicted octanol–water partition coefficient (Wildman–Crippen LogP) is 3.63. The van der Waals surface area contributed by atoms with Crippen molar-refractivity contribution in [3.05, 3.63) is 0 Å². The number of nitrogens with one attached hydrogen (secondary N) is 1. The molecule has 2 aliphatic rings. The summed E-state index contributed by atoms with van der Waals surface area (Å²) in [7, 11) is 0. The molecule has 0 aromatic carbocycles. The molecule has 2 fully saturated rings. The summed E-state index contributed by atoms with van der Waals surface area (Å²) in [5, 5.41) is 14.1. The largest absolute Gasteiger partial charge is 0.389 e. The van der Waals surface area contributed by atoms with Crippen LogP contribution in [0.3, 0.4) is 0 Å². The van der Waals surface area contributed by atoms with Crippen LogP contribution in [0.4, 0.5) is 0 Å². The van der Waals surface area contributed by atoms with Gasteiger partial charge in [-0.05, 0) is 38.1 Å². The zero-order chi connectivity index (χ0) is 12.7. The molecule has 2 aliphatic carbocycles. The Balaban J connectivity index is 1.66. The van der Waals surface area contributed by atoms with E-state index in [2.05, 4.69) is 5.32 Å². The number of hydrogen-bond acceptors (Lipinski definition) is 2. The molecule has 0 radical (unpaired) electrons. The lowest BCUT2D eigenvalue weighted by atomic mass is 9.94. The van der Waals surface area contributed by atoms with E-state index in [9.17, 15) is 5.11 Å². The molecule has 0 aliphatic heterocycles. The average molecular weight is 253 g/mol. The molecule has 0 spiro atoms. The van der Waals surface area contributed by atoms with Crippen LogP contribution in [0.25, 0.3) is 0 Å². The van der Waals surface area contributed by atoms with Gasteiger partial charge in [0.25, 0.3) is 0 Å². The lowest BCUT2D eigenvalue weighted by Gasteiger charge is -2.28. The van der Waals surface area contributed by atoms with Gasteiger partial charge in [-0.3, -0.25) is 0 Å². The molecule has 0 bridgehead atoms. The third kappa shape index (κ3) is 4.89. The third-order valence-corrected chi connectivity index (χ3v) is 4.90. The highest BCUT2D eigenvalue weighted by Gasteiger charge is 2.27. The predicted molar refractivity (Wildman–Crippen MR) is 76.7 cm³/mol. The fourth-order valence-corrected chi connectivity index (χ4v) is 3.64. The first-order chi connectivity index (χ1) is 8.79. The summed E-state index contributed by atoms with van der Waals surface area (Å²) in [5.74, 6) is 0.863. The molecular formula is C16H31NO. The van der Waals surface area contributed by atoms with E-state index in [1.807, 2.05) is 0 Å². The Bertz CT molecular complexity index is 213. The first-order valence-corrected chi connectivity index (χ1v) is 8.22. The molecule has 0 atom stereocenters. The van der Waals surface area contributed by atoms with Crippen molar-refractivity contribution >= 4 is 0 Å². The first-order valence-electron chi connectivity index (χ1n) is 8.22. The van der Waals surface area contributed by atoms with Crippen molar-refractivity contribution in [3.8, 4) is 0 Å². The van der Waals surface area contributed by atoms with Gasteiger partial charge < -0.3 is 10.4 Å². The minimum Gasteiger partial charge on any atom is -0.389 e. The molecule has 18 heavy (non-hydrogen) atoms. The molecule has 0 aromatic heterocycles. The van der Waals surface area contributed by atoms with Crippen LogP contribution in [0.5, 0.6) is 0 Å². The van der Waals surface area contributed by atoms with E-state index < -0.39 is 5.60 Å². The molecule has 0 amide bonds. The van der Waals surface area contributed by atoms with Gasteiger partial charge in [-0.25, -0.2) is 0 Å². The summed E-state index contributed by atoms with van der Waals surface area (Å²) in [6.07, 6.45) is 15.5. The van der Waals surface area contributed by atoms with Crippen molar-refractivity contribution in [2.45, 2.75) is 82.7 Å². The summed E-state index contributed by atoms with van der Waals surface area (Å²) >= 11 is 0. The van der Waals surface area contributed by atoms with E-state index in [4.69, 9.17) is 0 Å². The highest BCUT2D eigenvalue weighted by atomic mass is 16.3. The van der Waals surface area contributed by atoms with Gasteiger partial charge >= 0.3 is 0 Å². The highest BCUT2D eigenvalue weighted by Crippen LogP contribution is 2.27. The summed E-state index contributed by atoms with van der Waals surface area (Å²) in [4.78, 5) is 0. The Labute approximate surface area is 113 Å². The normalized spacial score (nSPS) is 26.5. The lowest BCUT2D eigenvalue weighted by Crippen LogP contribution is -2.41. The zero-order valence-electron chi connectivity index (χ0n) is 11.9. The number of aliphatic hydroxyl groups is 1. The fourth-order valence-electron chi connectivity index (χ4n) is 3.64. The van der Waals surface area contributed by atoms with E-state index in [0.29, 0.717) is 0 Å². The highest BCUT2D eigenvalue weighted by molar-refractivity contribution is 4.83. The number of hydrogen-bond donors (Lipinski definition) is 2. The molecule has 2 heteroatoms. The maximum absolute atomic E-state index is 10.6. The summed E-state index contributed by atoms with van der Waals surface area (Å²) in [6, 6.07) is 0. The van der Waals surface area contributed by atoms with Gasteiger partial charge in [0.15, 0.2) is 0 Å². The van der Waals surface area contributed by atoms with Gasteiger partial charge in [-0.1, -0.05) is 51.4 Å². The first kappa shape index (κ1) is 14.3. The fraction of sp³-hybridized carbons (Fsp3) is 1.00. The van der Waals surface area contributed by atoms with Crippen molar-refractivity contribution < 1.29 is 5.11 Å². The van der Waals surface area contributed by atoms with Crippen LogP contribution in [-0.2, 0) is 0 Å². The SMILES string of the molecule is OC1(CNCC2CCCCCC2)CCCCCC1. The number of rotatable bonds is 4. The topological polar surface area (TPSA) is 32.3 Å². The summed E-state index contributed by atoms with van der Waals surface area (Å²) in [6.45, 7) is 1.95. The van der Waals surface area contributed by atoms with E-state index in [0.717, 1.165) is 31.8 Å². The second-order valence-corrected chi connectivity index (χ2v) is 6.63. The Morgan fingerprint density at radius 3 is 2.00 bits per heavy atom. The molecule has 0 heterocycles. The van der Waals surface area contributed by atoms with E-state index in [-0.39, 0.29) is 0 Å². The van der Waals surface area contributed by atoms with Gasteiger partial charge in [-0.2, -0.15) is 0 Å². The van der Waals surface area contributed by atoms with Crippen molar-refractivity contribution in [1.29, 1.82) is 0 Å². The lowest BCUT2D eigenvalue weighted by molar-refractivity contribution is 0.0244. The van der Waals surface area contributed by atoms with E-state index in [1.54, 1.807) is 0 Å². The molecule has 0 saturated heterocycles. The van der Waals surface area contributed by atoms with Crippen LogP contribution in [-0.4, -0.2) is 23.8 Å². The Morgan fingerprint density at radius 2 is 1.39 bits per heavy atom. The molecule has 106 valence electrons. The Morgan fingerprint density at radius 1 is 0.833 bits per heavy atom. The van der Waals surface area contributed by atoms with Crippen LogP contribution in [0.1, 0.15) is 77.0 Å². The van der Waals surface area contributed by atoms with Gasteiger partial charge in [0.2, 0.25) is 0 Å². The molecule has 2 saturated carbocycles. The quantitative estimate of drug-likeness (QED) is 0.750. The molecule has 2 nitrogen and oxygen atoms in total. The molecular weight excluding hydrogens is 222 g/mol. The maximum Gasteiger partial charge on any atom is 0.0771 e.